The summed E-state index contributed by atoms with van der Waals surface area (Å²) >= 11 is 3.29. The summed E-state index contributed by atoms with van der Waals surface area (Å²) in [6, 6.07) is 16.3. The van der Waals surface area contributed by atoms with E-state index in [2.05, 4.69) is 20.9 Å². The van der Waals surface area contributed by atoms with E-state index in [0.29, 0.717) is 15.6 Å². The second-order valence-electron chi connectivity index (χ2n) is 6.42. The molecule has 1 N–H and O–H groups in total. The van der Waals surface area contributed by atoms with Gasteiger partial charge in [-0.25, -0.2) is 9.37 Å². The molecule has 2 heterocycles. The molecule has 0 aliphatic carbocycles. The number of aliphatic hydroxyl groups excluding tert-OH is 1. The van der Waals surface area contributed by atoms with E-state index in [0.717, 1.165) is 0 Å². The maximum absolute atomic E-state index is 13.5. The third-order valence-corrected chi connectivity index (χ3v) is 5.11. The zero-order valence-electron chi connectivity index (χ0n) is 14.9. The Morgan fingerprint density at radius 3 is 2.31 bits per heavy atom. The molecule has 0 spiro atoms. The van der Waals surface area contributed by atoms with Crippen LogP contribution in [0.2, 0.25) is 0 Å². The molecule has 1 amide bonds. The van der Waals surface area contributed by atoms with Gasteiger partial charge in [0.2, 0.25) is 0 Å². The number of benzene rings is 2. The quantitative estimate of drug-likeness (QED) is 0.357. The van der Waals surface area contributed by atoms with Crippen LogP contribution in [0, 0.1) is 5.82 Å². The first kappa shape index (κ1) is 19.0. The summed E-state index contributed by atoms with van der Waals surface area (Å²) in [7, 11) is 0. The lowest BCUT2D eigenvalue weighted by molar-refractivity contribution is -0.132. The molecule has 1 fully saturated rings. The molecule has 1 aromatic heterocycles. The summed E-state index contributed by atoms with van der Waals surface area (Å²) in [6.07, 6.45) is 1.51. The standard InChI is InChI=1S/C22H14BrFN2O3/c23-15-8-11-17(25-12-15)26-19(13-6-9-16(24)10-7-13)18(21(28)22(26)29)20(27)14-4-2-1-3-5-14/h1-12,19,27H/b20-18+. The van der Waals surface area contributed by atoms with Gasteiger partial charge in [0.1, 0.15) is 17.4 Å². The van der Waals surface area contributed by atoms with Crippen molar-refractivity contribution in [2.45, 2.75) is 6.04 Å². The van der Waals surface area contributed by atoms with Crippen molar-refractivity contribution in [3.8, 4) is 0 Å². The summed E-state index contributed by atoms with van der Waals surface area (Å²) in [5, 5.41) is 10.9. The molecule has 4 rings (SSSR count). The highest BCUT2D eigenvalue weighted by Crippen LogP contribution is 2.41. The van der Waals surface area contributed by atoms with Crippen molar-refractivity contribution in [3.63, 3.8) is 0 Å². The third kappa shape index (κ3) is 3.45. The van der Waals surface area contributed by atoms with Crippen LogP contribution in [0.15, 0.2) is 83.0 Å². The zero-order chi connectivity index (χ0) is 20.5. The molecule has 0 radical (unpaired) electrons. The lowest BCUT2D eigenvalue weighted by Crippen LogP contribution is -2.30. The van der Waals surface area contributed by atoms with Crippen LogP contribution in [0.1, 0.15) is 17.2 Å². The molecule has 1 saturated heterocycles. The number of pyridine rings is 1. The van der Waals surface area contributed by atoms with Crippen molar-refractivity contribution in [3.05, 3.63) is 99.9 Å². The highest BCUT2D eigenvalue weighted by Gasteiger charge is 2.47. The van der Waals surface area contributed by atoms with E-state index in [9.17, 15) is 19.1 Å². The molecule has 1 unspecified atom stereocenters. The minimum atomic E-state index is -0.940. The van der Waals surface area contributed by atoms with Gasteiger partial charge in [-0.2, -0.15) is 0 Å². The van der Waals surface area contributed by atoms with Crippen LogP contribution in [0.3, 0.4) is 0 Å². The number of halogens is 2. The first-order valence-electron chi connectivity index (χ1n) is 8.71. The Balaban J connectivity index is 1.94. The first-order valence-corrected chi connectivity index (χ1v) is 9.50. The normalized spacial score (nSPS) is 18.3. The van der Waals surface area contributed by atoms with Crippen LogP contribution >= 0.6 is 15.9 Å². The van der Waals surface area contributed by atoms with E-state index in [1.54, 1.807) is 42.5 Å². The number of aromatic nitrogens is 1. The molecule has 2 aromatic carbocycles. The number of hydrogen-bond donors (Lipinski definition) is 1. The lowest BCUT2D eigenvalue weighted by atomic mass is 9.95. The molecule has 0 bridgehead atoms. The van der Waals surface area contributed by atoms with Crippen LogP contribution in [0.5, 0.6) is 0 Å². The van der Waals surface area contributed by atoms with Crippen LogP contribution in [-0.4, -0.2) is 21.8 Å². The van der Waals surface area contributed by atoms with Gasteiger partial charge in [0.25, 0.3) is 5.78 Å². The number of anilines is 1. The van der Waals surface area contributed by atoms with E-state index in [1.807, 2.05) is 0 Å². The molecule has 0 saturated carbocycles. The van der Waals surface area contributed by atoms with Gasteiger partial charge >= 0.3 is 5.91 Å². The number of ketones is 1. The summed E-state index contributed by atoms with van der Waals surface area (Å²) in [5.41, 5.74) is 0.812. The zero-order valence-corrected chi connectivity index (χ0v) is 16.5. The molecule has 1 atom stereocenters. The lowest BCUT2D eigenvalue weighted by Gasteiger charge is -2.24. The summed E-state index contributed by atoms with van der Waals surface area (Å²) < 4.78 is 14.2. The Kier molecular flexibility index (Phi) is 4.98. The molecular formula is C22H14BrFN2O3. The molecule has 144 valence electrons. The predicted octanol–water partition coefficient (Wildman–Crippen LogP) is 4.61. The van der Waals surface area contributed by atoms with Crippen molar-refractivity contribution < 1.29 is 19.1 Å². The van der Waals surface area contributed by atoms with E-state index < -0.39 is 23.5 Å². The molecule has 1 aliphatic heterocycles. The number of hydrogen-bond acceptors (Lipinski definition) is 4. The Hall–Kier alpha value is -3.32. The fourth-order valence-corrected chi connectivity index (χ4v) is 3.53. The van der Waals surface area contributed by atoms with Crippen LogP contribution in [-0.2, 0) is 9.59 Å². The second kappa shape index (κ2) is 7.60. The minimum absolute atomic E-state index is 0.0717. The van der Waals surface area contributed by atoms with Crippen LogP contribution in [0.25, 0.3) is 5.76 Å². The van der Waals surface area contributed by atoms with Crippen molar-refractivity contribution in [1.82, 2.24) is 4.98 Å². The van der Waals surface area contributed by atoms with E-state index in [-0.39, 0.29) is 17.2 Å². The fraction of sp³-hybridized carbons (Fsp3) is 0.0455. The van der Waals surface area contributed by atoms with Gasteiger partial charge in [-0.1, -0.05) is 42.5 Å². The molecule has 5 nitrogen and oxygen atoms in total. The van der Waals surface area contributed by atoms with Gasteiger partial charge in [0.05, 0.1) is 11.6 Å². The maximum Gasteiger partial charge on any atom is 0.301 e. The average Bonchev–Trinajstić information content (AvgIpc) is 3.00. The minimum Gasteiger partial charge on any atom is -0.507 e. The predicted molar refractivity (Wildman–Crippen MR) is 110 cm³/mol. The fourth-order valence-electron chi connectivity index (χ4n) is 3.29. The molecule has 29 heavy (non-hydrogen) atoms. The van der Waals surface area contributed by atoms with Crippen molar-refractivity contribution >= 4 is 39.2 Å². The van der Waals surface area contributed by atoms with Crippen molar-refractivity contribution in [2.75, 3.05) is 4.90 Å². The van der Waals surface area contributed by atoms with Crippen LogP contribution < -0.4 is 4.90 Å². The largest absolute Gasteiger partial charge is 0.507 e. The van der Waals surface area contributed by atoms with E-state index >= 15 is 0 Å². The number of nitrogens with zero attached hydrogens (tertiary/aromatic N) is 2. The van der Waals surface area contributed by atoms with Gasteiger partial charge in [0, 0.05) is 16.2 Å². The highest BCUT2D eigenvalue weighted by atomic mass is 79.9. The SMILES string of the molecule is O=C1C(=O)N(c2ccc(Br)cn2)C(c2ccc(F)cc2)/C1=C(\O)c1ccccc1. The number of carbonyl (C=O) groups is 2. The third-order valence-electron chi connectivity index (χ3n) is 4.64. The Morgan fingerprint density at radius 2 is 1.69 bits per heavy atom. The Labute approximate surface area is 174 Å². The second-order valence-corrected chi connectivity index (χ2v) is 7.34. The molecule has 3 aromatic rings. The Bertz CT molecular complexity index is 1110. The first-order chi connectivity index (χ1) is 14.0. The van der Waals surface area contributed by atoms with E-state index in [1.165, 1.54) is 35.4 Å². The van der Waals surface area contributed by atoms with Gasteiger partial charge in [0.15, 0.2) is 0 Å². The number of rotatable bonds is 3. The van der Waals surface area contributed by atoms with Gasteiger partial charge in [-0.3, -0.25) is 14.5 Å². The van der Waals surface area contributed by atoms with Crippen molar-refractivity contribution in [2.24, 2.45) is 0 Å². The number of aliphatic hydroxyl groups is 1. The van der Waals surface area contributed by atoms with Crippen molar-refractivity contribution in [1.29, 1.82) is 0 Å². The Morgan fingerprint density at radius 1 is 1.00 bits per heavy atom. The molecular weight excluding hydrogens is 439 g/mol. The monoisotopic (exact) mass is 452 g/mol. The number of amides is 1. The van der Waals surface area contributed by atoms with Crippen LogP contribution in [0.4, 0.5) is 10.2 Å². The summed E-state index contributed by atoms with van der Waals surface area (Å²) in [4.78, 5) is 31.2. The highest BCUT2D eigenvalue weighted by molar-refractivity contribution is 9.10. The average molecular weight is 453 g/mol. The number of carbonyl (C=O) groups excluding carboxylic acids is 2. The molecule has 1 aliphatic rings. The van der Waals surface area contributed by atoms with Gasteiger partial charge in [-0.15, -0.1) is 0 Å². The topological polar surface area (TPSA) is 70.5 Å². The maximum atomic E-state index is 13.5. The van der Waals surface area contributed by atoms with Gasteiger partial charge in [-0.05, 0) is 45.8 Å². The summed E-state index contributed by atoms with van der Waals surface area (Å²) in [5.74, 6) is -2.14. The molecule has 7 heteroatoms. The smallest absolute Gasteiger partial charge is 0.301 e. The van der Waals surface area contributed by atoms with Gasteiger partial charge < -0.3 is 5.11 Å². The van der Waals surface area contributed by atoms with E-state index in [4.69, 9.17) is 0 Å². The number of Topliss-reactive ketones (excluding diaryl/α,β-unsaturated/α-hetero) is 1. The summed E-state index contributed by atoms with van der Waals surface area (Å²) in [6.45, 7) is 0.